The molecule has 1 heterocycles. The average molecular weight is 266 g/mol. The summed E-state index contributed by atoms with van der Waals surface area (Å²) in [6.07, 6.45) is 4.24. The predicted octanol–water partition coefficient (Wildman–Crippen LogP) is 1.07. The molecule has 7 nitrogen and oxygen atoms in total. The fourth-order valence-electron chi connectivity index (χ4n) is 1.96. The van der Waals surface area contributed by atoms with Crippen molar-refractivity contribution in [2.24, 2.45) is 0 Å². The van der Waals surface area contributed by atoms with E-state index in [1.807, 2.05) is 7.05 Å². The minimum Gasteiger partial charge on any atom is -0.351 e. The van der Waals surface area contributed by atoms with Gasteiger partial charge in [-0.25, -0.2) is 0 Å². The molecule has 1 aromatic heterocycles. The maximum Gasteiger partial charge on any atom is 0.287 e. The first-order chi connectivity index (χ1) is 9.13. The van der Waals surface area contributed by atoms with Gasteiger partial charge < -0.3 is 15.2 Å². The number of carbonyl (C=O) groups excluding carboxylic acids is 1. The van der Waals surface area contributed by atoms with Crippen molar-refractivity contribution in [2.45, 2.75) is 25.3 Å². The van der Waals surface area contributed by atoms with Crippen molar-refractivity contribution in [1.29, 1.82) is 0 Å². The van der Waals surface area contributed by atoms with Crippen LogP contribution >= 0.6 is 0 Å². The fourth-order valence-corrected chi connectivity index (χ4v) is 1.96. The first-order valence-corrected chi connectivity index (χ1v) is 6.42. The summed E-state index contributed by atoms with van der Waals surface area (Å²) >= 11 is 0. The Labute approximate surface area is 111 Å². The smallest absolute Gasteiger partial charge is 0.287 e. The van der Waals surface area contributed by atoms with Gasteiger partial charge >= 0.3 is 0 Å². The third-order valence-electron chi connectivity index (χ3n) is 3.11. The van der Waals surface area contributed by atoms with Gasteiger partial charge in [-0.3, -0.25) is 14.9 Å². The summed E-state index contributed by atoms with van der Waals surface area (Å²) in [7, 11) is 1.85. The van der Waals surface area contributed by atoms with E-state index in [4.69, 9.17) is 0 Å². The minimum absolute atomic E-state index is 0.0210. The van der Waals surface area contributed by atoms with Gasteiger partial charge in [0.05, 0.1) is 11.1 Å². The lowest BCUT2D eigenvalue weighted by Crippen LogP contribution is -2.28. The topological polar surface area (TPSA) is 89.2 Å². The van der Waals surface area contributed by atoms with E-state index in [0.29, 0.717) is 12.2 Å². The lowest BCUT2D eigenvalue weighted by atomic mass is 10.3. The van der Waals surface area contributed by atoms with Crippen LogP contribution in [0.1, 0.15) is 35.8 Å². The van der Waals surface area contributed by atoms with Crippen LogP contribution in [0.4, 0.5) is 5.69 Å². The fraction of sp³-hybridized carbons (Fsp3) is 0.583. The summed E-state index contributed by atoms with van der Waals surface area (Å²) < 4.78 is 1.73. The molecule has 1 aliphatic carbocycles. The number of nitro groups is 1. The molecule has 1 fully saturated rings. The molecule has 2 N–H and O–H groups in total. The number of nitrogens with one attached hydrogen (secondary N) is 2. The molecule has 2 rings (SSSR count). The second-order valence-electron chi connectivity index (χ2n) is 4.69. The van der Waals surface area contributed by atoms with Crippen molar-refractivity contribution >= 4 is 11.6 Å². The largest absolute Gasteiger partial charge is 0.351 e. The van der Waals surface area contributed by atoms with E-state index in [0.717, 1.165) is 25.8 Å². The van der Waals surface area contributed by atoms with E-state index in [1.54, 1.807) is 4.57 Å². The van der Waals surface area contributed by atoms with E-state index >= 15 is 0 Å². The Hall–Kier alpha value is -1.89. The molecule has 0 radical (unpaired) electrons. The first-order valence-electron chi connectivity index (χ1n) is 6.42. The first kappa shape index (κ1) is 13.5. The van der Waals surface area contributed by atoms with E-state index in [-0.39, 0.29) is 17.6 Å². The third kappa shape index (κ3) is 3.31. The molecule has 0 spiro atoms. The van der Waals surface area contributed by atoms with Crippen molar-refractivity contribution in [2.75, 3.05) is 20.1 Å². The quantitative estimate of drug-likeness (QED) is 0.439. The Morgan fingerprint density at radius 2 is 2.26 bits per heavy atom. The zero-order valence-corrected chi connectivity index (χ0v) is 10.9. The molecular formula is C12H18N4O3. The Bertz CT molecular complexity index is 479. The Balaban J connectivity index is 2.04. The highest BCUT2D eigenvalue weighted by molar-refractivity contribution is 5.93. The molecule has 0 aliphatic heterocycles. The summed E-state index contributed by atoms with van der Waals surface area (Å²) in [5.74, 6) is -0.240. The molecule has 1 saturated carbocycles. The number of hydrogen-bond donors (Lipinski definition) is 2. The second-order valence-corrected chi connectivity index (χ2v) is 4.69. The molecule has 7 heteroatoms. The van der Waals surface area contributed by atoms with Gasteiger partial charge in [-0.15, -0.1) is 0 Å². The number of nitrogens with zero attached hydrogens (tertiary/aromatic N) is 2. The van der Waals surface area contributed by atoms with Crippen molar-refractivity contribution < 1.29 is 9.72 Å². The maximum atomic E-state index is 12.0. The molecule has 0 atom stereocenters. The van der Waals surface area contributed by atoms with Crippen LogP contribution < -0.4 is 10.6 Å². The lowest BCUT2D eigenvalue weighted by Gasteiger charge is -2.07. The maximum absolute atomic E-state index is 12.0. The number of amides is 1. The zero-order chi connectivity index (χ0) is 13.8. The summed E-state index contributed by atoms with van der Waals surface area (Å²) in [4.78, 5) is 22.3. The van der Waals surface area contributed by atoms with Crippen LogP contribution in [-0.2, 0) is 0 Å². The molecular weight excluding hydrogens is 248 g/mol. The highest BCUT2D eigenvalue weighted by atomic mass is 16.6. The molecule has 1 aliphatic rings. The minimum atomic E-state index is -0.462. The van der Waals surface area contributed by atoms with Crippen LogP contribution in [-0.4, -0.2) is 35.5 Å². The third-order valence-corrected chi connectivity index (χ3v) is 3.11. The highest BCUT2D eigenvalue weighted by Gasteiger charge is 2.30. The van der Waals surface area contributed by atoms with E-state index in [2.05, 4.69) is 10.6 Å². The predicted molar refractivity (Wildman–Crippen MR) is 70.2 cm³/mol. The van der Waals surface area contributed by atoms with Crippen LogP contribution in [0.5, 0.6) is 0 Å². The number of aromatic nitrogens is 1. The molecule has 1 amide bonds. The van der Waals surface area contributed by atoms with Crippen LogP contribution in [0.2, 0.25) is 0 Å². The van der Waals surface area contributed by atoms with Crippen LogP contribution in [0.15, 0.2) is 12.3 Å². The van der Waals surface area contributed by atoms with Gasteiger partial charge in [-0.2, -0.15) is 0 Å². The average Bonchev–Trinajstić information content (AvgIpc) is 3.12. The molecule has 104 valence electrons. The number of rotatable bonds is 7. The summed E-state index contributed by atoms with van der Waals surface area (Å²) in [6.45, 7) is 1.38. The van der Waals surface area contributed by atoms with Crippen molar-refractivity contribution in [1.82, 2.24) is 15.2 Å². The Morgan fingerprint density at radius 3 is 2.84 bits per heavy atom. The molecule has 1 aromatic rings. The molecule has 0 unspecified atom stereocenters. The summed E-state index contributed by atoms with van der Waals surface area (Å²) in [5, 5.41) is 16.6. The van der Waals surface area contributed by atoms with Crippen molar-refractivity contribution in [3.8, 4) is 0 Å². The Morgan fingerprint density at radius 1 is 1.53 bits per heavy atom. The van der Waals surface area contributed by atoms with E-state index < -0.39 is 4.92 Å². The zero-order valence-electron chi connectivity index (χ0n) is 10.9. The van der Waals surface area contributed by atoms with Crippen LogP contribution in [0.25, 0.3) is 0 Å². The molecule has 0 bridgehead atoms. The van der Waals surface area contributed by atoms with Gasteiger partial charge in [-0.1, -0.05) is 0 Å². The number of hydrogen-bond acceptors (Lipinski definition) is 4. The highest BCUT2D eigenvalue weighted by Crippen LogP contribution is 2.37. The summed E-state index contributed by atoms with van der Waals surface area (Å²) in [6, 6.07) is 1.60. The van der Waals surface area contributed by atoms with Crippen LogP contribution in [0, 0.1) is 10.1 Å². The Kier molecular flexibility index (Phi) is 4.16. The second kappa shape index (κ2) is 5.83. The van der Waals surface area contributed by atoms with E-state index in [9.17, 15) is 14.9 Å². The van der Waals surface area contributed by atoms with Gasteiger partial charge in [-0.05, 0) is 32.9 Å². The monoisotopic (exact) mass is 266 g/mol. The van der Waals surface area contributed by atoms with Gasteiger partial charge in [0.25, 0.3) is 11.6 Å². The summed E-state index contributed by atoms with van der Waals surface area (Å²) in [5.41, 5.74) is 0.367. The molecule has 0 saturated heterocycles. The van der Waals surface area contributed by atoms with Gasteiger partial charge in [0.15, 0.2) is 0 Å². The van der Waals surface area contributed by atoms with Gasteiger partial charge in [0, 0.05) is 18.7 Å². The molecule has 0 aromatic carbocycles. The van der Waals surface area contributed by atoms with Crippen molar-refractivity contribution in [3.05, 3.63) is 28.1 Å². The SMILES string of the molecule is CNCCCNC(=O)c1cc([N+](=O)[O-])cn1C1CC1. The molecule has 19 heavy (non-hydrogen) atoms. The lowest BCUT2D eigenvalue weighted by molar-refractivity contribution is -0.384. The number of carbonyl (C=O) groups is 1. The van der Waals surface area contributed by atoms with E-state index in [1.165, 1.54) is 12.3 Å². The normalized spacial score (nSPS) is 14.4. The van der Waals surface area contributed by atoms with Gasteiger partial charge in [0.1, 0.15) is 5.69 Å². The van der Waals surface area contributed by atoms with Crippen molar-refractivity contribution in [3.63, 3.8) is 0 Å². The van der Waals surface area contributed by atoms with Gasteiger partial charge in [0.2, 0.25) is 0 Å². The van der Waals surface area contributed by atoms with Crippen LogP contribution in [0.3, 0.4) is 0 Å². The standard InChI is InChI=1S/C12H18N4O3/c1-13-5-2-6-14-12(17)11-7-10(16(18)19)8-15(11)9-3-4-9/h7-9,13H,2-6H2,1H3,(H,14,17).